The van der Waals surface area contributed by atoms with Crippen molar-refractivity contribution in [1.82, 2.24) is 10.2 Å². The largest absolute Gasteiger partial charge is 0.353 e. The van der Waals surface area contributed by atoms with Crippen LogP contribution in [0.15, 0.2) is 54.6 Å². The third kappa shape index (κ3) is 6.51. The van der Waals surface area contributed by atoms with Gasteiger partial charge in [-0.2, -0.15) is 0 Å². The van der Waals surface area contributed by atoms with E-state index in [0.717, 1.165) is 41.2 Å². The van der Waals surface area contributed by atoms with Crippen molar-refractivity contribution >= 4 is 35.2 Å². The molecule has 1 unspecified atom stereocenters. The number of carbonyl (C=O) groups excluding carboxylic acids is 2. The third-order valence-corrected chi connectivity index (χ3v) is 6.75. The Balaban J connectivity index is 1.39. The van der Waals surface area contributed by atoms with E-state index in [1.165, 1.54) is 0 Å². The van der Waals surface area contributed by atoms with Gasteiger partial charge in [-0.1, -0.05) is 61.0 Å². The van der Waals surface area contributed by atoms with Gasteiger partial charge >= 0.3 is 0 Å². The van der Waals surface area contributed by atoms with Crippen molar-refractivity contribution in [3.05, 3.63) is 70.7 Å². The van der Waals surface area contributed by atoms with Crippen LogP contribution >= 0.6 is 23.4 Å². The van der Waals surface area contributed by atoms with Crippen LogP contribution < -0.4 is 5.32 Å². The molecule has 0 aromatic heterocycles. The van der Waals surface area contributed by atoms with Gasteiger partial charge in [-0.3, -0.25) is 9.59 Å². The molecule has 1 atom stereocenters. The topological polar surface area (TPSA) is 49.4 Å². The standard InChI is InChI=1S/C24H29ClN2O2S/c1-2-22(19-6-4-3-5-7-19)24(29)27-14-12-21(13-15-27)26-23(28)17-30-16-18-8-10-20(25)11-9-18/h3-11,21-22H,2,12-17H2,1H3,(H,26,28). The highest BCUT2D eigenvalue weighted by Gasteiger charge is 2.28. The first-order chi connectivity index (χ1) is 14.6. The monoisotopic (exact) mass is 444 g/mol. The number of benzene rings is 2. The van der Waals surface area contributed by atoms with Gasteiger partial charge in [0.25, 0.3) is 0 Å². The maximum absolute atomic E-state index is 13.0. The second kappa shape index (κ2) is 11.4. The van der Waals surface area contributed by atoms with Gasteiger partial charge in [0.1, 0.15) is 0 Å². The quantitative estimate of drug-likeness (QED) is 0.631. The number of hydrogen-bond acceptors (Lipinski definition) is 3. The summed E-state index contributed by atoms with van der Waals surface area (Å²) in [4.78, 5) is 27.2. The van der Waals surface area contributed by atoms with Crippen molar-refractivity contribution in [2.75, 3.05) is 18.8 Å². The number of carbonyl (C=O) groups is 2. The van der Waals surface area contributed by atoms with Gasteiger partial charge in [0, 0.05) is 29.9 Å². The van der Waals surface area contributed by atoms with Crippen LogP contribution in [0.5, 0.6) is 0 Å². The molecule has 1 aliphatic heterocycles. The minimum Gasteiger partial charge on any atom is -0.353 e. The average Bonchev–Trinajstić information content (AvgIpc) is 2.77. The zero-order valence-corrected chi connectivity index (χ0v) is 18.9. The van der Waals surface area contributed by atoms with Crippen LogP contribution in [0.4, 0.5) is 0 Å². The van der Waals surface area contributed by atoms with E-state index in [1.807, 2.05) is 59.5 Å². The highest BCUT2D eigenvalue weighted by molar-refractivity contribution is 7.99. The van der Waals surface area contributed by atoms with Gasteiger partial charge in [0.15, 0.2) is 0 Å². The maximum Gasteiger partial charge on any atom is 0.230 e. The van der Waals surface area contributed by atoms with Crippen molar-refractivity contribution in [3.63, 3.8) is 0 Å². The van der Waals surface area contributed by atoms with Crippen molar-refractivity contribution in [2.45, 2.75) is 43.9 Å². The Morgan fingerprint density at radius 2 is 1.77 bits per heavy atom. The molecule has 4 nitrogen and oxygen atoms in total. The summed E-state index contributed by atoms with van der Waals surface area (Å²) < 4.78 is 0. The number of rotatable bonds is 8. The molecule has 30 heavy (non-hydrogen) atoms. The molecule has 1 aliphatic rings. The molecule has 1 N–H and O–H groups in total. The van der Waals surface area contributed by atoms with Gasteiger partial charge in [-0.25, -0.2) is 0 Å². The number of piperidine rings is 1. The molecule has 0 radical (unpaired) electrons. The molecule has 2 amide bonds. The fourth-order valence-corrected chi connectivity index (χ4v) is 4.74. The van der Waals surface area contributed by atoms with E-state index in [9.17, 15) is 9.59 Å². The summed E-state index contributed by atoms with van der Waals surface area (Å²) in [6.45, 7) is 3.46. The van der Waals surface area contributed by atoms with E-state index in [0.29, 0.717) is 18.8 Å². The maximum atomic E-state index is 13.0. The molecule has 0 spiro atoms. The highest BCUT2D eigenvalue weighted by atomic mass is 35.5. The molecule has 0 aliphatic carbocycles. The van der Waals surface area contributed by atoms with Gasteiger partial charge in [0.05, 0.1) is 11.7 Å². The van der Waals surface area contributed by atoms with E-state index in [1.54, 1.807) is 11.8 Å². The Hall–Kier alpha value is -1.98. The summed E-state index contributed by atoms with van der Waals surface area (Å²) in [5, 5.41) is 3.85. The number of thioether (sulfide) groups is 1. The molecule has 1 fully saturated rings. The summed E-state index contributed by atoms with van der Waals surface area (Å²) in [5.41, 5.74) is 2.24. The van der Waals surface area contributed by atoms with Gasteiger partial charge < -0.3 is 10.2 Å². The van der Waals surface area contributed by atoms with E-state index >= 15 is 0 Å². The predicted octanol–water partition coefficient (Wildman–Crippen LogP) is 4.87. The zero-order valence-electron chi connectivity index (χ0n) is 17.4. The van der Waals surface area contributed by atoms with Crippen molar-refractivity contribution in [1.29, 1.82) is 0 Å². The summed E-state index contributed by atoms with van der Waals surface area (Å²) >= 11 is 7.49. The summed E-state index contributed by atoms with van der Waals surface area (Å²) in [6.07, 6.45) is 2.42. The van der Waals surface area contributed by atoms with Crippen molar-refractivity contribution in [3.8, 4) is 0 Å². The molecule has 160 valence electrons. The lowest BCUT2D eigenvalue weighted by Gasteiger charge is -2.34. The Morgan fingerprint density at radius 1 is 1.10 bits per heavy atom. The number of likely N-dealkylation sites (tertiary alicyclic amines) is 1. The number of nitrogens with one attached hydrogen (secondary N) is 1. The first kappa shape index (κ1) is 22.7. The van der Waals surface area contributed by atoms with Crippen molar-refractivity contribution in [2.24, 2.45) is 0 Å². The Labute approximate surface area is 188 Å². The lowest BCUT2D eigenvalue weighted by atomic mass is 9.93. The third-order valence-electron chi connectivity index (χ3n) is 5.50. The van der Waals surface area contributed by atoms with E-state index in [-0.39, 0.29) is 23.8 Å². The van der Waals surface area contributed by atoms with Crippen LogP contribution in [-0.2, 0) is 15.3 Å². The van der Waals surface area contributed by atoms with Crippen LogP contribution in [0, 0.1) is 0 Å². The van der Waals surface area contributed by atoms with Gasteiger partial charge in [-0.15, -0.1) is 11.8 Å². The van der Waals surface area contributed by atoms with Crippen molar-refractivity contribution < 1.29 is 9.59 Å². The first-order valence-corrected chi connectivity index (χ1v) is 12.1. The fraction of sp³-hybridized carbons (Fsp3) is 0.417. The smallest absolute Gasteiger partial charge is 0.230 e. The van der Waals surface area contributed by atoms with Gasteiger partial charge in [-0.05, 0) is 42.5 Å². The molecule has 0 saturated carbocycles. The molecule has 1 saturated heterocycles. The molecule has 6 heteroatoms. The SMILES string of the molecule is CCC(C(=O)N1CCC(NC(=O)CSCc2ccc(Cl)cc2)CC1)c1ccccc1. The normalized spacial score (nSPS) is 15.6. The molecular weight excluding hydrogens is 416 g/mol. The number of hydrogen-bond donors (Lipinski definition) is 1. The Morgan fingerprint density at radius 3 is 2.40 bits per heavy atom. The second-order valence-corrected chi connectivity index (χ2v) is 9.08. The fourth-order valence-electron chi connectivity index (χ4n) is 3.81. The molecule has 2 aromatic rings. The van der Waals surface area contributed by atoms with E-state index in [2.05, 4.69) is 12.2 Å². The van der Waals surface area contributed by atoms with Crippen LogP contribution in [0.1, 0.15) is 43.2 Å². The molecule has 2 aromatic carbocycles. The molecule has 0 bridgehead atoms. The number of nitrogens with zero attached hydrogens (tertiary/aromatic N) is 1. The summed E-state index contributed by atoms with van der Waals surface area (Å²) in [6, 6.07) is 17.9. The lowest BCUT2D eigenvalue weighted by Crippen LogP contribution is -2.48. The van der Waals surface area contributed by atoms with E-state index < -0.39 is 0 Å². The van der Waals surface area contributed by atoms with Crippen LogP contribution in [0.25, 0.3) is 0 Å². The first-order valence-electron chi connectivity index (χ1n) is 10.5. The highest BCUT2D eigenvalue weighted by Crippen LogP contribution is 2.24. The second-order valence-electron chi connectivity index (χ2n) is 7.66. The Bertz CT molecular complexity index is 821. The molecular formula is C24H29ClN2O2S. The molecule has 1 heterocycles. The minimum atomic E-state index is -0.0818. The molecule has 3 rings (SSSR count). The van der Waals surface area contributed by atoms with E-state index in [4.69, 9.17) is 11.6 Å². The zero-order chi connectivity index (χ0) is 21.3. The predicted molar refractivity (Wildman–Crippen MR) is 125 cm³/mol. The number of halogens is 1. The Kier molecular flexibility index (Phi) is 8.64. The minimum absolute atomic E-state index is 0.0643. The van der Waals surface area contributed by atoms with Gasteiger partial charge in [0.2, 0.25) is 11.8 Å². The lowest BCUT2D eigenvalue weighted by molar-refractivity contribution is -0.134. The number of amides is 2. The summed E-state index contributed by atoms with van der Waals surface area (Å²) in [5.74, 6) is 1.41. The van der Waals surface area contributed by atoms with Crippen LogP contribution in [-0.4, -0.2) is 41.6 Å². The average molecular weight is 445 g/mol. The van der Waals surface area contributed by atoms with Crippen LogP contribution in [0.3, 0.4) is 0 Å². The summed E-state index contributed by atoms with van der Waals surface area (Å²) in [7, 11) is 0. The van der Waals surface area contributed by atoms with Crippen LogP contribution in [0.2, 0.25) is 5.02 Å².